The third-order valence-corrected chi connectivity index (χ3v) is 4.85. The Balaban J connectivity index is 1.99. The molecule has 0 spiro atoms. The maximum atomic E-state index is 12.0. The van der Waals surface area contributed by atoms with Crippen molar-refractivity contribution in [2.45, 2.75) is 64.5 Å². The molecule has 0 aromatic heterocycles. The standard InChI is InChI=1S/C20H28ClNO4/c1-20(2,3)26-19(24)22-17-7-5-6-13(17)8-9-14-12-15(21)10-11-16(14)18(23)25-4/h10-13,17H,5-9H2,1-4H3,(H,22,24)/t13-,17-/m0/s1. The number of esters is 1. The molecule has 1 saturated carbocycles. The Morgan fingerprint density at radius 1 is 1.27 bits per heavy atom. The Kier molecular flexibility index (Phi) is 6.93. The predicted molar refractivity (Wildman–Crippen MR) is 102 cm³/mol. The predicted octanol–water partition coefficient (Wildman–Crippen LogP) is 4.75. The first kappa shape index (κ1) is 20.6. The fourth-order valence-electron chi connectivity index (χ4n) is 3.45. The van der Waals surface area contributed by atoms with Crippen LogP contribution >= 0.6 is 11.6 Å². The molecule has 1 aliphatic carbocycles. The lowest BCUT2D eigenvalue weighted by Gasteiger charge is -2.25. The minimum atomic E-state index is -0.506. The van der Waals surface area contributed by atoms with Crippen LogP contribution in [0.1, 0.15) is 62.4 Å². The van der Waals surface area contributed by atoms with E-state index in [9.17, 15) is 9.59 Å². The van der Waals surface area contributed by atoms with Crippen molar-refractivity contribution < 1.29 is 19.1 Å². The summed E-state index contributed by atoms with van der Waals surface area (Å²) in [7, 11) is 1.37. The van der Waals surface area contributed by atoms with Crippen LogP contribution in [-0.4, -0.2) is 30.8 Å². The Hall–Kier alpha value is -1.75. The minimum absolute atomic E-state index is 0.102. The molecule has 0 saturated heterocycles. The van der Waals surface area contributed by atoms with Crippen LogP contribution in [0.3, 0.4) is 0 Å². The van der Waals surface area contributed by atoms with Crippen LogP contribution in [0.15, 0.2) is 18.2 Å². The first-order valence-corrected chi connectivity index (χ1v) is 9.43. The highest BCUT2D eigenvalue weighted by Crippen LogP contribution is 2.31. The zero-order chi connectivity index (χ0) is 19.3. The Morgan fingerprint density at radius 3 is 2.65 bits per heavy atom. The third kappa shape index (κ3) is 5.90. The number of alkyl carbamates (subject to hydrolysis) is 1. The molecular weight excluding hydrogens is 354 g/mol. The fraction of sp³-hybridized carbons (Fsp3) is 0.600. The number of hydrogen-bond donors (Lipinski definition) is 1. The number of rotatable bonds is 5. The van der Waals surface area contributed by atoms with Gasteiger partial charge in [-0.25, -0.2) is 9.59 Å². The van der Waals surface area contributed by atoms with Crippen molar-refractivity contribution in [2.24, 2.45) is 5.92 Å². The third-order valence-electron chi connectivity index (χ3n) is 4.62. The second kappa shape index (κ2) is 8.76. The molecule has 1 amide bonds. The van der Waals surface area contributed by atoms with Crippen LogP contribution in [0.4, 0.5) is 4.79 Å². The number of halogens is 1. The summed E-state index contributed by atoms with van der Waals surface area (Å²) in [4.78, 5) is 24.0. The van der Waals surface area contributed by atoms with Crippen LogP contribution in [0.25, 0.3) is 0 Å². The second-order valence-corrected chi connectivity index (χ2v) is 8.21. The first-order chi connectivity index (χ1) is 12.2. The van der Waals surface area contributed by atoms with Crippen LogP contribution in [0, 0.1) is 5.92 Å². The molecule has 1 aromatic carbocycles. The number of nitrogens with one attached hydrogen (secondary N) is 1. The number of methoxy groups -OCH3 is 1. The molecule has 6 heteroatoms. The molecule has 0 unspecified atom stereocenters. The molecule has 144 valence electrons. The van der Waals surface area contributed by atoms with E-state index in [1.807, 2.05) is 26.8 Å². The zero-order valence-electron chi connectivity index (χ0n) is 15.9. The highest BCUT2D eigenvalue weighted by atomic mass is 35.5. The van der Waals surface area contributed by atoms with E-state index in [0.29, 0.717) is 22.9 Å². The number of ether oxygens (including phenoxy) is 2. The van der Waals surface area contributed by atoms with Crippen molar-refractivity contribution in [1.29, 1.82) is 0 Å². The van der Waals surface area contributed by atoms with Crippen molar-refractivity contribution in [3.05, 3.63) is 34.3 Å². The van der Waals surface area contributed by atoms with E-state index in [2.05, 4.69) is 5.32 Å². The Labute approximate surface area is 160 Å². The fourth-order valence-corrected chi connectivity index (χ4v) is 3.65. The van der Waals surface area contributed by atoms with E-state index in [1.54, 1.807) is 12.1 Å². The molecule has 26 heavy (non-hydrogen) atoms. The molecule has 1 fully saturated rings. The highest BCUT2D eigenvalue weighted by Gasteiger charge is 2.30. The average Bonchev–Trinajstić information content (AvgIpc) is 2.97. The summed E-state index contributed by atoms with van der Waals surface area (Å²) >= 11 is 6.09. The van der Waals surface area contributed by atoms with Gasteiger partial charge in [-0.3, -0.25) is 0 Å². The van der Waals surface area contributed by atoms with Gasteiger partial charge >= 0.3 is 12.1 Å². The molecule has 1 aliphatic rings. The zero-order valence-corrected chi connectivity index (χ0v) is 16.7. The molecule has 2 atom stereocenters. The van der Waals surface area contributed by atoms with Gasteiger partial charge in [-0.2, -0.15) is 0 Å². The van der Waals surface area contributed by atoms with Gasteiger partial charge in [0.15, 0.2) is 0 Å². The van der Waals surface area contributed by atoms with Gasteiger partial charge in [-0.05, 0) is 76.1 Å². The van der Waals surface area contributed by atoms with Crippen LogP contribution in [-0.2, 0) is 15.9 Å². The average molecular weight is 382 g/mol. The molecule has 5 nitrogen and oxygen atoms in total. The quantitative estimate of drug-likeness (QED) is 0.747. The van der Waals surface area contributed by atoms with E-state index in [4.69, 9.17) is 21.1 Å². The van der Waals surface area contributed by atoms with Crippen molar-refractivity contribution in [3.63, 3.8) is 0 Å². The summed E-state index contributed by atoms with van der Waals surface area (Å²) in [5, 5.41) is 3.60. The molecular formula is C20H28ClNO4. The lowest BCUT2D eigenvalue weighted by Crippen LogP contribution is -2.41. The number of carbonyl (C=O) groups is 2. The lowest BCUT2D eigenvalue weighted by atomic mass is 9.93. The van der Waals surface area contributed by atoms with E-state index in [0.717, 1.165) is 31.2 Å². The Morgan fingerprint density at radius 2 is 2.00 bits per heavy atom. The minimum Gasteiger partial charge on any atom is -0.465 e. The number of benzene rings is 1. The summed E-state index contributed by atoms with van der Waals surface area (Å²) in [5.74, 6) is -0.00137. The molecule has 0 heterocycles. The van der Waals surface area contributed by atoms with E-state index >= 15 is 0 Å². The maximum absolute atomic E-state index is 12.0. The molecule has 1 aromatic rings. The van der Waals surface area contributed by atoms with Crippen LogP contribution in [0.5, 0.6) is 0 Å². The summed E-state index contributed by atoms with van der Waals surface area (Å²) < 4.78 is 10.2. The van der Waals surface area contributed by atoms with Gasteiger partial charge in [-0.15, -0.1) is 0 Å². The monoisotopic (exact) mass is 381 g/mol. The number of carbonyl (C=O) groups excluding carboxylic acids is 2. The highest BCUT2D eigenvalue weighted by molar-refractivity contribution is 6.30. The first-order valence-electron chi connectivity index (χ1n) is 9.06. The molecule has 2 rings (SSSR count). The van der Waals surface area contributed by atoms with Gasteiger partial charge in [0.2, 0.25) is 0 Å². The van der Waals surface area contributed by atoms with Gasteiger partial charge in [0.25, 0.3) is 0 Å². The molecule has 0 aliphatic heterocycles. The number of aryl methyl sites for hydroxylation is 1. The second-order valence-electron chi connectivity index (χ2n) is 7.78. The van der Waals surface area contributed by atoms with E-state index < -0.39 is 5.60 Å². The van der Waals surface area contributed by atoms with Gasteiger partial charge in [0.1, 0.15) is 5.60 Å². The van der Waals surface area contributed by atoms with Crippen LogP contribution < -0.4 is 5.32 Å². The topological polar surface area (TPSA) is 64.6 Å². The smallest absolute Gasteiger partial charge is 0.407 e. The van der Waals surface area contributed by atoms with Gasteiger partial charge in [0.05, 0.1) is 12.7 Å². The maximum Gasteiger partial charge on any atom is 0.407 e. The lowest BCUT2D eigenvalue weighted by molar-refractivity contribution is 0.0491. The largest absolute Gasteiger partial charge is 0.465 e. The van der Waals surface area contributed by atoms with Crippen LogP contribution in [0.2, 0.25) is 5.02 Å². The summed E-state index contributed by atoms with van der Waals surface area (Å²) in [6, 6.07) is 5.32. The molecule has 1 N–H and O–H groups in total. The normalized spacial score (nSPS) is 19.9. The summed E-state index contributed by atoms with van der Waals surface area (Å²) in [6.07, 6.45) is 4.28. The van der Waals surface area contributed by atoms with E-state index in [1.165, 1.54) is 7.11 Å². The van der Waals surface area contributed by atoms with Crippen molar-refractivity contribution >= 4 is 23.7 Å². The molecule has 0 radical (unpaired) electrons. The van der Waals surface area contributed by atoms with E-state index in [-0.39, 0.29) is 18.1 Å². The molecule has 0 bridgehead atoms. The summed E-state index contributed by atoms with van der Waals surface area (Å²) in [6.45, 7) is 5.56. The number of hydrogen-bond acceptors (Lipinski definition) is 4. The Bertz CT molecular complexity index is 654. The van der Waals surface area contributed by atoms with Gasteiger partial charge in [0, 0.05) is 11.1 Å². The number of amides is 1. The van der Waals surface area contributed by atoms with Gasteiger partial charge in [-0.1, -0.05) is 18.0 Å². The summed E-state index contributed by atoms with van der Waals surface area (Å²) in [5.41, 5.74) is 0.924. The van der Waals surface area contributed by atoms with Crippen molar-refractivity contribution in [3.8, 4) is 0 Å². The van der Waals surface area contributed by atoms with Crippen molar-refractivity contribution in [2.75, 3.05) is 7.11 Å². The van der Waals surface area contributed by atoms with Crippen molar-refractivity contribution in [1.82, 2.24) is 5.32 Å². The SMILES string of the molecule is COC(=O)c1ccc(Cl)cc1CC[C@@H]1CCC[C@@H]1NC(=O)OC(C)(C)C. The van der Waals surface area contributed by atoms with Gasteiger partial charge < -0.3 is 14.8 Å².